The number of rotatable bonds is 2. The van der Waals surface area contributed by atoms with Gasteiger partial charge in [0.1, 0.15) is 5.75 Å². The van der Waals surface area contributed by atoms with Crippen LogP contribution in [0.3, 0.4) is 0 Å². The van der Waals surface area contributed by atoms with Crippen LogP contribution in [0.5, 0.6) is 5.75 Å². The molecular formula is C18H15N3O3. The van der Waals surface area contributed by atoms with Crippen LogP contribution in [0.1, 0.15) is 22.3 Å². The number of hydrogen-bond donors (Lipinski definition) is 1. The molecule has 120 valence electrons. The second kappa shape index (κ2) is 6.42. The van der Waals surface area contributed by atoms with Crippen LogP contribution < -0.4 is 15.0 Å². The summed E-state index contributed by atoms with van der Waals surface area (Å²) in [4.78, 5) is 25.8. The van der Waals surface area contributed by atoms with Crippen LogP contribution in [0.15, 0.2) is 42.5 Å². The fourth-order valence-corrected chi connectivity index (χ4v) is 2.46. The molecule has 0 radical (unpaired) electrons. The summed E-state index contributed by atoms with van der Waals surface area (Å²) in [5.74, 6) is 0.238. The average molecular weight is 321 g/mol. The van der Waals surface area contributed by atoms with Crippen LogP contribution in [-0.2, 0) is 4.79 Å². The van der Waals surface area contributed by atoms with E-state index in [4.69, 9.17) is 10.00 Å². The zero-order valence-electron chi connectivity index (χ0n) is 13.1. The molecular weight excluding hydrogens is 306 g/mol. The lowest BCUT2D eigenvalue weighted by molar-refractivity contribution is -0.118. The largest absolute Gasteiger partial charge is 0.491 e. The minimum absolute atomic E-state index is 0.0426. The van der Waals surface area contributed by atoms with Crippen molar-refractivity contribution in [3.8, 4) is 11.8 Å². The van der Waals surface area contributed by atoms with Gasteiger partial charge in [0.2, 0.25) is 5.91 Å². The maximum Gasteiger partial charge on any atom is 0.255 e. The summed E-state index contributed by atoms with van der Waals surface area (Å²) in [5.41, 5.74) is 1.97. The molecule has 1 N–H and O–H groups in total. The van der Waals surface area contributed by atoms with Gasteiger partial charge in [-0.1, -0.05) is 6.07 Å². The minimum Gasteiger partial charge on any atom is -0.491 e. The fourth-order valence-electron chi connectivity index (χ4n) is 2.46. The van der Waals surface area contributed by atoms with Gasteiger partial charge in [-0.3, -0.25) is 9.59 Å². The Morgan fingerprint density at radius 1 is 1.29 bits per heavy atom. The molecule has 6 heteroatoms. The Kier molecular flexibility index (Phi) is 4.17. The summed E-state index contributed by atoms with van der Waals surface area (Å²) in [6, 6.07) is 13.6. The van der Waals surface area contributed by atoms with E-state index in [1.807, 2.05) is 6.07 Å². The molecule has 24 heavy (non-hydrogen) atoms. The number of nitrogens with one attached hydrogen (secondary N) is 1. The predicted molar refractivity (Wildman–Crippen MR) is 89.1 cm³/mol. The van der Waals surface area contributed by atoms with Crippen molar-refractivity contribution < 1.29 is 14.3 Å². The van der Waals surface area contributed by atoms with Gasteiger partial charge in [0.15, 0.2) is 0 Å². The van der Waals surface area contributed by atoms with E-state index in [9.17, 15) is 9.59 Å². The number of fused-ring (bicyclic) bond motifs is 1. The number of benzene rings is 2. The molecule has 2 amide bonds. The normalized spacial score (nSPS) is 13.3. The zero-order chi connectivity index (χ0) is 17.1. The number of nitriles is 1. The van der Waals surface area contributed by atoms with Gasteiger partial charge in [-0.15, -0.1) is 0 Å². The Morgan fingerprint density at radius 2 is 2.12 bits per heavy atom. The Hall–Kier alpha value is -3.33. The van der Waals surface area contributed by atoms with Crippen LogP contribution in [0.2, 0.25) is 0 Å². The first-order chi connectivity index (χ1) is 11.6. The molecule has 0 spiro atoms. The van der Waals surface area contributed by atoms with Crippen LogP contribution >= 0.6 is 0 Å². The Balaban J connectivity index is 1.86. The maximum absolute atomic E-state index is 12.3. The highest BCUT2D eigenvalue weighted by Crippen LogP contribution is 2.33. The number of amides is 2. The Bertz CT molecular complexity index is 855. The molecule has 2 aromatic rings. The first-order valence-corrected chi connectivity index (χ1v) is 7.43. The van der Waals surface area contributed by atoms with Gasteiger partial charge < -0.3 is 15.0 Å². The van der Waals surface area contributed by atoms with E-state index < -0.39 is 0 Å². The summed E-state index contributed by atoms with van der Waals surface area (Å²) in [6.45, 7) is 0.336. The standard InChI is InChI=1S/C18H15N3O3/c1-21-15-10-14(5-6-16(15)24-8-7-17(21)22)20-18(23)13-4-2-3-12(9-13)11-19/h2-6,9-10H,7-8H2,1H3,(H,20,23). The summed E-state index contributed by atoms with van der Waals surface area (Å²) >= 11 is 0. The average Bonchev–Trinajstić information content (AvgIpc) is 2.74. The molecule has 1 aliphatic rings. The number of anilines is 2. The monoisotopic (exact) mass is 321 g/mol. The molecule has 6 nitrogen and oxygen atoms in total. The molecule has 0 aliphatic carbocycles. The van der Waals surface area contributed by atoms with E-state index in [1.165, 1.54) is 11.0 Å². The van der Waals surface area contributed by atoms with Crippen molar-refractivity contribution in [3.63, 3.8) is 0 Å². The van der Waals surface area contributed by atoms with Gasteiger partial charge in [0, 0.05) is 18.3 Å². The van der Waals surface area contributed by atoms with Crippen molar-refractivity contribution in [1.29, 1.82) is 5.26 Å². The lowest BCUT2D eigenvalue weighted by atomic mass is 10.1. The summed E-state index contributed by atoms with van der Waals surface area (Å²) in [7, 11) is 1.68. The van der Waals surface area contributed by atoms with Crippen LogP contribution in [-0.4, -0.2) is 25.5 Å². The number of carbonyl (C=O) groups excluding carboxylic acids is 2. The van der Waals surface area contributed by atoms with Gasteiger partial charge in [0.25, 0.3) is 5.91 Å². The third kappa shape index (κ3) is 3.06. The lowest BCUT2D eigenvalue weighted by Crippen LogP contribution is -2.25. The molecule has 0 fully saturated rings. The number of ether oxygens (including phenoxy) is 1. The zero-order valence-corrected chi connectivity index (χ0v) is 13.1. The van der Waals surface area contributed by atoms with E-state index >= 15 is 0 Å². The van der Waals surface area contributed by atoms with Gasteiger partial charge in [-0.25, -0.2) is 0 Å². The van der Waals surface area contributed by atoms with E-state index in [-0.39, 0.29) is 11.8 Å². The van der Waals surface area contributed by atoms with Crippen molar-refractivity contribution in [2.24, 2.45) is 0 Å². The lowest BCUT2D eigenvalue weighted by Gasteiger charge is -2.17. The van der Waals surface area contributed by atoms with Crippen LogP contribution in [0, 0.1) is 11.3 Å². The number of carbonyl (C=O) groups is 2. The molecule has 1 aliphatic heterocycles. The summed E-state index contributed by atoms with van der Waals surface area (Å²) < 4.78 is 5.55. The Labute approximate surface area is 139 Å². The van der Waals surface area contributed by atoms with E-state index in [0.717, 1.165) is 0 Å². The van der Waals surface area contributed by atoms with E-state index in [1.54, 1.807) is 43.4 Å². The predicted octanol–water partition coefficient (Wildman–Crippen LogP) is 2.56. The van der Waals surface area contributed by atoms with Crippen molar-refractivity contribution in [2.45, 2.75) is 6.42 Å². The van der Waals surface area contributed by atoms with E-state index in [0.29, 0.717) is 41.3 Å². The quantitative estimate of drug-likeness (QED) is 0.921. The highest BCUT2D eigenvalue weighted by molar-refractivity contribution is 6.05. The van der Waals surface area contributed by atoms with Crippen molar-refractivity contribution in [3.05, 3.63) is 53.6 Å². The first-order valence-electron chi connectivity index (χ1n) is 7.43. The van der Waals surface area contributed by atoms with Crippen LogP contribution in [0.4, 0.5) is 11.4 Å². The second-order valence-electron chi connectivity index (χ2n) is 5.38. The van der Waals surface area contributed by atoms with Crippen molar-refractivity contribution in [1.82, 2.24) is 0 Å². The van der Waals surface area contributed by atoms with E-state index in [2.05, 4.69) is 5.32 Å². The van der Waals surface area contributed by atoms with Crippen molar-refractivity contribution in [2.75, 3.05) is 23.9 Å². The molecule has 0 unspecified atom stereocenters. The van der Waals surface area contributed by atoms with Gasteiger partial charge in [-0.2, -0.15) is 5.26 Å². The highest BCUT2D eigenvalue weighted by atomic mass is 16.5. The van der Waals surface area contributed by atoms with Crippen molar-refractivity contribution >= 4 is 23.2 Å². The summed E-state index contributed by atoms with van der Waals surface area (Å²) in [5, 5.41) is 11.7. The molecule has 0 atom stereocenters. The summed E-state index contributed by atoms with van der Waals surface area (Å²) in [6.07, 6.45) is 0.313. The number of hydrogen-bond acceptors (Lipinski definition) is 4. The third-order valence-electron chi connectivity index (χ3n) is 3.78. The Morgan fingerprint density at radius 3 is 2.92 bits per heavy atom. The maximum atomic E-state index is 12.3. The van der Waals surface area contributed by atoms with Gasteiger partial charge in [-0.05, 0) is 36.4 Å². The fraction of sp³-hybridized carbons (Fsp3) is 0.167. The molecule has 2 aromatic carbocycles. The van der Waals surface area contributed by atoms with Gasteiger partial charge in [0.05, 0.1) is 30.3 Å². The minimum atomic E-state index is -0.324. The van der Waals surface area contributed by atoms with Gasteiger partial charge >= 0.3 is 0 Å². The topological polar surface area (TPSA) is 82.4 Å². The number of nitrogens with zero attached hydrogens (tertiary/aromatic N) is 2. The molecule has 3 rings (SSSR count). The molecule has 0 bridgehead atoms. The second-order valence-corrected chi connectivity index (χ2v) is 5.38. The third-order valence-corrected chi connectivity index (χ3v) is 3.78. The first kappa shape index (κ1) is 15.6. The smallest absolute Gasteiger partial charge is 0.255 e. The molecule has 0 saturated heterocycles. The molecule has 0 aromatic heterocycles. The highest BCUT2D eigenvalue weighted by Gasteiger charge is 2.20. The SMILES string of the molecule is CN1C(=O)CCOc2ccc(NC(=O)c3cccc(C#N)c3)cc21. The van der Waals surface area contributed by atoms with Crippen LogP contribution in [0.25, 0.3) is 0 Å². The molecule has 0 saturated carbocycles. The molecule has 1 heterocycles.